The van der Waals surface area contributed by atoms with Gasteiger partial charge in [0.15, 0.2) is 0 Å². The highest BCUT2D eigenvalue weighted by Crippen LogP contribution is 2.15. The van der Waals surface area contributed by atoms with Gasteiger partial charge in [-0.05, 0) is 78.6 Å². The fourth-order valence-electron chi connectivity index (χ4n) is 4.74. The SMILES string of the molecule is CCc1cccc(CNCC(O)C(Cc2cc(F)cc(F)c2)NC(=O)c2cccc(CCCCCCC#N)c2)c1. The van der Waals surface area contributed by atoms with E-state index in [4.69, 9.17) is 5.26 Å². The predicted octanol–water partition coefficient (Wildman–Crippen LogP) is 6.04. The van der Waals surface area contributed by atoms with Crippen LogP contribution in [-0.4, -0.2) is 29.7 Å². The largest absolute Gasteiger partial charge is 0.390 e. The molecule has 1 amide bonds. The molecule has 0 bridgehead atoms. The van der Waals surface area contributed by atoms with E-state index in [-0.39, 0.29) is 18.9 Å². The minimum absolute atomic E-state index is 0.0664. The van der Waals surface area contributed by atoms with Crippen LogP contribution in [-0.2, 0) is 25.8 Å². The Hall–Kier alpha value is -3.60. The highest BCUT2D eigenvalue weighted by atomic mass is 19.1. The zero-order valence-electron chi connectivity index (χ0n) is 23.1. The molecule has 2 unspecified atom stereocenters. The van der Waals surface area contributed by atoms with E-state index in [0.717, 1.165) is 55.7 Å². The molecule has 0 heterocycles. The van der Waals surface area contributed by atoms with Gasteiger partial charge in [-0.15, -0.1) is 0 Å². The van der Waals surface area contributed by atoms with Crippen LogP contribution in [0.3, 0.4) is 0 Å². The summed E-state index contributed by atoms with van der Waals surface area (Å²) in [7, 11) is 0. The number of unbranched alkanes of at least 4 members (excludes halogenated alkanes) is 4. The summed E-state index contributed by atoms with van der Waals surface area (Å²) in [5, 5.41) is 25.9. The van der Waals surface area contributed by atoms with E-state index in [1.807, 2.05) is 30.3 Å². The highest BCUT2D eigenvalue weighted by molar-refractivity contribution is 5.94. The molecule has 0 aromatic heterocycles. The third-order valence-corrected chi connectivity index (χ3v) is 6.93. The number of hydrogen-bond donors (Lipinski definition) is 3. The fourth-order valence-corrected chi connectivity index (χ4v) is 4.74. The monoisotopic (exact) mass is 547 g/mol. The van der Waals surface area contributed by atoms with Crippen molar-refractivity contribution >= 4 is 5.91 Å². The van der Waals surface area contributed by atoms with E-state index in [1.54, 1.807) is 6.07 Å². The summed E-state index contributed by atoms with van der Waals surface area (Å²) >= 11 is 0. The first kappa shape index (κ1) is 30.9. The molecule has 0 radical (unpaired) electrons. The smallest absolute Gasteiger partial charge is 0.251 e. The Morgan fingerprint density at radius 3 is 2.35 bits per heavy atom. The molecule has 0 fully saturated rings. The lowest BCUT2D eigenvalue weighted by atomic mass is 9.99. The Morgan fingerprint density at radius 2 is 1.60 bits per heavy atom. The average molecular weight is 548 g/mol. The average Bonchev–Trinajstić information content (AvgIpc) is 2.94. The number of nitrogens with zero attached hydrogens (tertiary/aromatic N) is 1. The molecule has 2 atom stereocenters. The van der Waals surface area contributed by atoms with Gasteiger partial charge in [0, 0.05) is 31.1 Å². The Kier molecular flexibility index (Phi) is 12.8. The third kappa shape index (κ3) is 10.5. The normalized spacial score (nSPS) is 12.5. The first-order chi connectivity index (χ1) is 19.4. The Balaban J connectivity index is 1.65. The maximum absolute atomic E-state index is 13.9. The molecule has 0 saturated heterocycles. The van der Waals surface area contributed by atoms with Gasteiger partial charge in [0.25, 0.3) is 5.91 Å². The zero-order valence-corrected chi connectivity index (χ0v) is 23.1. The lowest BCUT2D eigenvalue weighted by molar-refractivity contribution is 0.0829. The van der Waals surface area contributed by atoms with Crippen LogP contribution in [0.4, 0.5) is 8.78 Å². The van der Waals surface area contributed by atoms with E-state index >= 15 is 0 Å². The molecule has 0 aliphatic heterocycles. The topological polar surface area (TPSA) is 85.2 Å². The number of aliphatic hydroxyl groups excluding tert-OH is 1. The van der Waals surface area contributed by atoms with Gasteiger partial charge in [-0.2, -0.15) is 5.26 Å². The zero-order chi connectivity index (χ0) is 28.7. The highest BCUT2D eigenvalue weighted by Gasteiger charge is 2.23. The van der Waals surface area contributed by atoms with E-state index in [0.29, 0.717) is 24.1 Å². The maximum atomic E-state index is 13.9. The van der Waals surface area contributed by atoms with Gasteiger partial charge in [0.2, 0.25) is 0 Å². The third-order valence-electron chi connectivity index (χ3n) is 6.93. The second-order valence-electron chi connectivity index (χ2n) is 10.2. The second-order valence-corrected chi connectivity index (χ2v) is 10.2. The van der Waals surface area contributed by atoms with Gasteiger partial charge in [0.05, 0.1) is 18.2 Å². The molecule has 212 valence electrons. The van der Waals surface area contributed by atoms with Gasteiger partial charge in [-0.25, -0.2) is 8.78 Å². The summed E-state index contributed by atoms with van der Waals surface area (Å²) in [5.74, 6) is -1.76. The first-order valence-corrected chi connectivity index (χ1v) is 14.1. The molecular weight excluding hydrogens is 508 g/mol. The van der Waals surface area contributed by atoms with Gasteiger partial charge in [-0.3, -0.25) is 4.79 Å². The number of carbonyl (C=O) groups excluding carboxylic acids is 1. The van der Waals surface area contributed by atoms with Crippen LogP contribution >= 0.6 is 0 Å². The number of benzene rings is 3. The summed E-state index contributed by atoms with van der Waals surface area (Å²) in [6.07, 6.45) is 5.29. The number of hydrogen-bond acceptors (Lipinski definition) is 4. The molecule has 3 aromatic carbocycles. The van der Waals surface area contributed by atoms with E-state index < -0.39 is 23.8 Å². The van der Waals surface area contributed by atoms with Gasteiger partial charge in [-0.1, -0.05) is 56.2 Å². The van der Waals surface area contributed by atoms with Crippen LogP contribution in [0.15, 0.2) is 66.7 Å². The Bertz CT molecular complexity index is 1250. The number of halogens is 2. The van der Waals surface area contributed by atoms with Gasteiger partial charge < -0.3 is 15.7 Å². The summed E-state index contributed by atoms with van der Waals surface area (Å²) in [5.41, 5.74) is 4.16. The van der Waals surface area contributed by atoms with Crippen molar-refractivity contribution in [3.05, 3.63) is 106 Å². The van der Waals surface area contributed by atoms with Crippen molar-refractivity contribution in [1.82, 2.24) is 10.6 Å². The minimum Gasteiger partial charge on any atom is -0.390 e. The van der Waals surface area contributed by atoms with Crippen molar-refractivity contribution in [2.45, 2.75) is 77.0 Å². The molecule has 40 heavy (non-hydrogen) atoms. The van der Waals surface area contributed by atoms with Crippen LogP contribution in [0.5, 0.6) is 0 Å². The quantitative estimate of drug-likeness (QED) is 0.191. The van der Waals surface area contributed by atoms with Crippen LogP contribution in [0.25, 0.3) is 0 Å². The Morgan fingerprint density at radius 1 is 0.900 bits per heavy atom. The summed E-state index contributed by atoms with van der Waals surface area (Å²) < 4.78 is 27.8. The van der Waals surface area contributed by atoms with Crippen LogP contribution in [0.2, 0.25) is 0 Å². The summed E-state index contributed by atoms with van der Waals surface area (Å²) in [6.45, 7) is 2.82. The van der Waals surface area contributed by atoms with Crippen molar-refractivity contribution in [3.8, 4) is 6.07 Å². The van der Waals surface area contributed by atoms with Crippen LogP contribution in [0.1, 0.15) is 71.6 Å². The standard InChI is InChI=1S/C33H39F2N3O2/c1-2-24-11-8-13-26(16-24)22-37-23-32(39)31(20-27-18-29(34)21-30(35)19-27)38-33(40)28-14-9-12-25(17-28)10-6-4-3-5-7-15-36/h8-9,11-14,16-19,21,31-32,37,39H,2-7,10,20,22-23H2,1H3,(H,38,40). The molecular formula is C33H39F2N3O2. The Labute approximate surface area is 236 Å². The lowest BCUT2D eigenvalue weighted by Gasteiger charge is -2.25. The van der Waals surface area contributed by atoms with Crippen LogP contribution in [0, 0.1) is 23.0 Å². The summed E-state index contributed by atoms with van der Waals surface area (Å²) in [4.78, 5) is 13.2. The minimum atomic E-state index is -0.999. The predicted molar refractivity (Wildman–Crippen MR) is 154 cm³/mol. The van der Waals surface area contributed by atoms with Crippen molar-refractivity contribution < 1.29 is 18.7 Å². The number of nitriles is 1. The van der Waals surface area contributed by atoms with Gasteiger partial charge >= 0.3 is 0 Å². The molecule has 5 nitrogen and oxygen atoms in total. The molecule has 0 aliphatic rings. The number of carbonyl (C=O) groups is 1. The molecule has 0 spiro atoms. The molecule has 0 aliphatic carbocycles. The van der Waals surface area contributed by atoms with E-state index in [1.165, 1.54) is 17.7 Å². The van der Waals surface area contributed by atoms with Crippen molar-refractivity contribution in [2.75, 3.05) is 6.54 Å². The molecule has 3 aromatic rings. The van der Waals surface area contributed by atoms with Crippen molar-refractivity contribution in [3.63, 3.8) is 0 Å². The molecule has 3 N–H and O–H groups in total. The molecule has 0 saturated carbocycles. The van der Waals surface area contributed by atoms with Crippen molar-refractivity contribution in [2.24, 2.45) is 0 Å². The van der Waals surface area contributed by atoms with Gasteiger partial charge in [0.1, 0.15) is 11.6 Å². The van der Waals surface area contributed by atoms with E-state index in [9.17, 15) is 18.7 Å². The summed E-state index contributed by atoms with van der Waals surface area (Å²) in [6, 6.07) is 20.2. The first-order valence-electron chi connectivity index (χ1n) is 14.1. The second kappa shape index (κ2) is 16.5. The molecule has 3 rings (SSSR count). The number of rotatable bonds is 16. The number of nitrogens with one attached hydrogen (secondary N) is 2. The number of amides is 1. The van der Waals surface area contributed by atoms with Crippen LogP contribution < -0.4 is 10.6 Å². The lowest BCUT2D eigenvalue weighted by Crippen LogP contribution is -2.48. The number of aliphatic hydroxyl groups is 1. The number of aryl methyl sites for hydroxylation is 2. The van der Waals surface area contributed by atoms with Crippen molar-refractivity contribution in [1.29, 1.82) is 5.26 Å². The molecule has 7 heteroatoms. The fraction of sp³-hybridized carbons (Fsp3) is 0.394. The van der Waals surface area contributed by atoms with E-state index in [2.05, 4.69) is 35.8 Å². The maximum Gasteiger partial charge on any atom is 0.251 e.